The van der Waals surface area contributed by atoms with Gasteiger partial charge < -0.3 is 10.5 Å². The lowest BCUT2D eigenvalue weighted by molar-refractivity contribution is -0.136. The number of carbonyl (C=O) groups is 1. The molecule has 3 heteroatoms. The molecule has 62 valence electrons. The lowest BCUT2D eigenvalue weighted by Crippen LogP contribution is -2.14. The van der Waals surface area contributed by atoms with Crippen molar-refractivity contribution in [2.75, 3.05) is 13.7 Å². The van der Waals surface area contributed by atoms with Gasteiger partial charge in [-0.05, 0) is 13.0 Å². The zero-order chi connectivity index (χ0) is 8.85. The molecule has 0 radical (unpaired) electrons. The Morgan fingerprint density at radius 2 is 2.27 bits per heavy atom. The Bertz CT molecular complexity index is 194. The highest BCUT2D eigenvalue weighted by molar-refractivity contribution is 5.89. The van der Waals surface area contributed by atoms with E-state index >= 15 is 0 Å². The zero-order valence-corrected chi connectivity index (χ0v) is 6.89. The minimum absolute atomic E-state index is 0.180. The van der Waals surface area contributed by atoms with Crippen molar-refractivity contribution >= 4 is 5.97 Å². The van der Waals surface area contributed by atoms with Gasteiger partial charge >= 0.3 is 5.97 Å². The number of hydrogen-bond acceptors (Lipinski definition) is 3. The van der Waals surface area contributed by atoms with Gasteiger partial charge in [-0.15, -0.1) is 0 Å². The molecule has 0 aliphatic rings. The summed E-state index contributed by atoms with van der Waals surface area (Å²) < 4.78 is 4.48. The van der Waals surface area contributed by atoms with Crippen molar-refractivity contribution in [2.24, 2.45) is 5.73 Å². The van der Waals surface area contributed by atoms with Crippen molar-refractivity contribution in [3.63, 3.8) is 0 Å². The fourth-order valence-corrected chi connectivity index (χ4v) is 0.630. The van der Waals surface area contributed by atoms with E-state index in [0.717, 1.165) is 5.57 Å². The van der Waals surface area contributed by atoms with Crippen LogP contribution in [0.15, 0.2) is 23.8 Å². The van der Waals surface area contributed by atoms with Crippen LogP contribution in [0.4, 0.5) is 0 Å². The average molecular weight is 155 g/mol. The molecular formula is C8H13NO2. The first-order chi connectivity index (χ1) is 5.11. The van der Waals surface area contributed by atoms with Crippen LogP contribution in [-0.2, 0) is 9.53 Å². The molecule has 0 aliphatic heterocycles. The van der Waals surface area contributed by atoms with Gasteiger partial charge in [-0.2, -0.15) is 0 Å². The molecule has 0 amide bonds. The van der Waals surface area contributed by atoms with Crippen LogP contribution in [0.3, 0.4) is 0 Å². The molecule has 2 N–H and O–H groups in total. The number of allylic oxidation sites excluding steroid dienone is 2. The van der Waals surface area contributed by atoms with Gasteiger partial charge in [0.25, 0.3) is 0 Å². The van der Waals surface area contributed by atoms with Crippen molar-refractivity contribution in [1.29, 1.82) is 0 Å². The van der Waals surface area contributed by atoms with Crippen molar-refractivity contribution in [1.82, 2.24) is 0 Å². The maximum Gasteiger partial charge on any atom is 0.335 e. The summed E-state index contributed by atoms with van der Waals surface area (Å²) in [6.45, 7) is 5.59. The summed E-state index contributed by atoms with van der Waals surface area (Å²) in [5.41, 5.74) is 6.52. The van der Waals surface area contributed by atoms with Crippen molar-refractivity contribution in [3.8, 4) is 0 Å². The van der Waals surface area contributed by atoms with E-state index in [-0.39, 0.29) is 6.54 Å². The summed E-state index contributed by atoms with van der Waals surface area (Å²) in [7, 11) is 1.32. The van der Waals surface area contributed by atoms with Gasteiger partial charge in [-0.25, -0.2) is 4.79 Å². The lowest BCUT2D eigenvalue weighted by atomic mass is 10.2. The van der Waals surface area contributed by atoms with E-state index in [2.05, 4.69) is 11.3 Å². The third kappa shape index (κ3) is 3.57. The number of esters is 1. The van der Waals surface area contributed by atoms with Gasteiger partial charge in [-0.1, -0.05) is 12.2 Å². The highest BCUT2D eigenvalue weighted by Gasteiger charge is 2.05. The van der Waals surface area contributed by atoms with Gasteiger partial charge in [0.1, 0.15) is 0 Å². The minimum Gasteiger partial charge on any atom is -0.466 e. The highest BCUT2D eigenvalue weighted by Crippen LogP contribution is 1.99. The largest absolute Gasteiger partial charge is 0.466 e. The number of ether oxygens (including phenoxy) is 1. The first kappa shape index (κ1) is 9.91. The van der Waals surface area contributed by atoms with Gasteiger partial charge in [0.15, 0.2) is 0 Å². The Hall–Kier alpha value is -1.09. The van der Waals surface area contributed by atoms with Crippen LogP contribution in [-0.4, -0.2) is 19.6 Å². The van der Waals surface area contributed by atoms with E-state index in [4.69, 9.17) is 5.73 Å². The van der Waals surface area contributed by atoms with E-state index in [1.165, 1.54) is 7.11 Å². The van der Waals surface area contributed by atoms with Crippen LogP contribution in [0.25, 0.3) is 0 Å². The molecule has 0 spiro atoms. The predicted molar refractivity (Wildman–Crippen MR) is 44.0 cm³/mol. The van der Waals surface area contributed by atoms with Gasteiger partial charge in [0, 0.05) is 6.54 Å². The first-order valence-corrected chi connectivity index (χ1v) is 3.26. The topological polar surface area (TPSA) is 52.3 Å². The molecule has 0 atom stereocenters. The van der Waals surface area contributed by atoms with E-state index in [0.29, 0.717) is 5.57 Å². The third-order valence-corrected chi connectivity index (χ3v) is 1.09. The molecule has 11 heavy (non-hydrogen) atoms. The summed E-state index contributed by atoms with van der Waals surface area (Å²) in [4.78, 5) is 10.9. The Morgan fingerprint density at radius 3 is 2.55 bits per heavy atom. The number of nitrogens with two attached hydrogens (primary N) is 1. The molecule has 0 aromatic carbocycles. The Balaban J connectivity index is 4.39. The van der Waals surface area contributed by atoms with Crippen LogP contribution in [0.5, 0.6) is 0 Å². The van der Waals surface area contributed by atoms with E-state index < -0.39 is 5.97 Å². The van der Waals surface area contributed by atoms with Gasteiger partial charge in [0.05, 0.1) is 12.7 Å². The molecular weight excluding hydrogens is 142 g/mol. The fraction of sp³-hybridized carbons (Fsp3) is 0.375. The summed E-state index contributed by atoms with van der Waals surface area (Å²) in [6.07, 6.45) is 1.62. The van der Waals surface area contributed by atoms with E-state index in [9.17, 15) is 4.79 Å². The molecule has 0 bridgehead atoms. The van der Waals surface area contributed by atoms with Crippen molar-refractivity contribution in [2.45, 2.75) is 6.92 Å². The third-order valence-electron chi connectivity index (χ3n) is 1.09. The number of carbonyl (C=O) groups excluding carboxylic acids is 1. The predicted octanol–water partition coefficient (Wildman–Crippen LogP) is 0.621. The molecule has 0 fully saturated rings. The highest BCUT2D eigenvalue weighted by atomic mass is 16.5. The molecule has 0 aromatic rings. The second-order valence-electron chi connectivity index (χ2n) is 2.21. The van der Waals surface area contributed by atoms with Crippen LogP contribution in [0.2, 0.25) is 0 Å². The molecule has 0 heterocycles. The number of methoxy groups -OCH3 is 1. The van der Waals surface area contributed by atoms with E-state index in [1.54, 1.807) is 13.0 Å². The lowest BCUT2D eigenvalue weighted by Gasteiger charge is -2.00. The first-order valence-electron chi connectivity index (χ1n) is 3.26. The van der Waals surface area contributed by atoms with Crippen LogP contribution < -0.4 is 5.73 Å². The normalized spacial score (nSPS) is 11.0. The molecule has 0 saturated carbocycles. The molecule has 0 aromatic heterocycles. The van der Waals surface area contributed by atoms with Crippen molar-refractivity contribution < 1.29 is 9.53 Å². The summed E-state index contributed by atoms with van der Waals surface area (Å²) in [5.74, 6) is -0.393. The minimum atomic E-state index is -0.393. The smallest absolute Gasteiger partial charge is 0.335 e. The molecule has 0 saturated heterocycles. The summed E-state index contributed by atoms with van der Waals surface area (Å²) >= 11 is 0. The fourth-order valence-electron chi connectivity index (χ4n) is 0.630. The molecule has 0 aliphatic carbocycles. The zero-order valence-electron chi connectivity index (χ0n) is 6.89. The van der Waals surface area contributed by atoms with Crippen LogP contribution in [0, 0.1) is 0 Å². The monoisotopic (exact) mass is 155 g/mol. The Morgan fingerprint density at radius 1 is 1.73 bits per heavy atom. The quantitative estimate of drug-likeness (QED) is 0.369. The molecule has 0 rings (SSSR count). The summed E-state index contributed by atoms with van der Waals surface area (Å²) in [6, 6.07) is 0. The standard InChI is InChI=1S/C8H13NO2/c1-6(2)4-7(5-9)8(10)11-3/h4H,1,5,9H2,2-3H3/b7-4+. The SMILES string of the molecule is C=C(C)/C=C(\CN)C(=O)OC. The Kier molecular flexibility index (Phi) is 4.22. The molecule has 3 nitrogen and oxygen atoms in total. The molecule has 0 unspecified atom stereocenters. The second kappa shape index (κ2) is 4.68. The van der Waals surface area contributed by atoms with Crippen LogP contribution >= 0.6 is 0 Å². The Labute approximate surface area is 66.5 Å². The number of rotatable bonds is 3. The maximum absolute atomic E-state index is 10.9. The number of hydrogen-bond donors (Lipinski definition) is 1. The van der Waals surface area contributed by atoms with Gasteiger partial charge in [-0.3, -0.25) is 0 Å². The summed E-state index contributed by atoms with van der Waals surface area (Å²) in [5, 5.41) is 0. The van der Waals surface area contributed by atoms with E-state index in [1.807, 2.05) is 0 Å². The van der Waals surface area contributed by atoms with Crippen molar-refractivity contribution in [3.05, 3.63) is 23.8 Å². The van der Waals surface area contributed by atoms with Crippen LogP contribution in [0.1, 0.15) is 6.92 Å². The van der Waals surface area contributed by atoms with Gasteiger partial charge in [0.2, 0.25) is 0 Å². The maximum atomic E-state index is 10.9. The second-order valence-corrected chi connectivity index (χ2v) is 2.21. The average Bonchev–Trinajstić information content (AvgIpc) is 1.98.